The van der Waals surface area contributed by atoms with Crippen LogP contribution in [0.2, 0.25) is 0 Å². The molecular formula is C15H9IO5. The number of rotatable bonds is 4. The van der Waals surface area contributed by atoms with E-state index in [0.717, 1.165) is 6.07 Å². The second kappa shape index (κ2) is 6.04. The number of hydrogen-bond acceptors (Lipinski definition) is 3. The maximum Gasteiger partial charge on any atom is 0.337 e. The van der Waals surface area contributed by atoms with E-state index in [2.05, 4.69) is 0 Å². The summed E-state index contributed by atoms with van der Waals surface area (Å²) in [5.41, 5.74) is -0.130. The van der Waals surface area contributed by atoms with Gasteiger partial charge in [-0.1, -0.05) is 30.3 Å². The zero-order valence-electron chi connectivity index (χ0n) is 10.5. The first-order valence-electron chi connectivity index (χ1n) is 5.81. The summed E-state index contributed by atoms with van der Waals surface area (Å²) in [6.45, 7) is 0. The maximum atomic E-state index is 12.4. The number of carboxylic acids is 2. The van der Waals surface area contributed by atoms with Crippen molar-refractivity contribution in [2.45, 2.75) is 0 Å². The SMILES string of the molecule is O=C(O)c1cc(I)c(C(=O)O)c(C(=O)c2ccccc2)c1. The molecule has 5 nitrogen and oxygen atoms in total. The van der Waals surface area contributed by atoms with Gasteiger partial charge in [0.05, 0.1) is 11.1 Å². The minimum Gasteiger partial charge on any atom is -0.478 e. The average Bonchev–Trinajstić information content (AvgIpc) is 2.46. The molecule has 2 N–H and O–H groups in total. The Balaban J connectivity index is 2.68. The highest BCUT2D eigenvalue weighted by Crippen LogP contribution is 2.23. The number of ketones is 1. The summed E-state index contributed by atoms with van der Waals surface area (Å²) in [4.78, 5) is 34.9. The topological polar surface area (TPSA) is 91.7 Å². The van der Waals surface area contributed by atoms with E-state index in [1.165, 1.54) is 6.07 Å². The molecule has 21 heavy (non-hydrogen) atoms. The highest BCUT2D eigenvalue weighted by molar-refractivity contribution is 14.1. The van der Waals surface area contributed by atoms with E-state index in [1.54, 1.807) is 52.9 Å². The second-order valence-corrected chi connectivity index (χ2v) is 5.35. The van der Waals surface area contributed by atoms with Crippen LogP contribution in [-0.4, -0.2) is 27.9 Å². The standard InChI is InChI=1S/C15H9IO5/c16-11-7-9(14(18)19)6-10(12(11)15(20)21)13(17)8-4-2-1-3-5-8/h1-7H,(H,18,19)(H,20,21). The number of hydrogen-bond donors (Lipinski definition) is 2. The molecule has 0 fully saturated rings. The maximum absolute atomic E-state index is 12.4. The van der Waals surface area contributed by atoms with E-state index in [9.17, 15) is 19.5 Å². The van der Waals surface area contributed by atoms with Gasteiger partial charge in [0.1, 0.15) is 0 Å². The van der Waals surface area contributed by atoms with Crippen LogP contribution >= 0.6 is 22.6 Å². The Morgan fingerprint density at radius 2 is 1.48 bits per heavy atom. The molecule has 2 rings (SSSR count). The molecule has 0 radical (unpaired) electrons. The Hall–Kier alpha value is -2.22. The largest absolute Gasteiger partial charge is 0.478 e. The van der Waals surface area contributed by atoms with Crippen molar-refractivity contribution in [1.29, 1.82) is 0 Å². The van der Waals surface area contributed by atoms with Gasteiger partial charge in [-0.15, -0.1) is 0 Å². The number of carbonyl (C=O) groups is 3. The number of halogens is 1. The van der Waals surface area contributed by atoms with Crippen molar-refractivity contribution in [1.82, 2.24) is 0 Å². The molecule has 0 amide bonds. The first-order chi connectivity index (χ1) is 9.91. The van der Waals surface area contributed by atoms with Gasteiger partial charge in [-0.3, -0.25) is 4.79 Å². The molecular weight excluding hydrogens is 387 g/mol. The van der Waals surface area contributed by atoms with Crippen LogP contribution in [-0.2, 0) is 0 Å². The fourth-order valence-corrected chi connectivity index (χ4v) is 2.73. The lowest BCUT2D eigenvalue weighted by Gasteiger charge is -2.09. The summed E-state index contributed by atoms with van der Waals surface area (Å²) in [7, 11) is 0. The van der Waals surface area contributed by atoms with Crippen LogP contribution in [0, 0.1) is 3.57 Å². The first-order valence-corrected chi connectivity index (χ1v) is 6.89. The van der Waals surface area contributed by atoms with Crippen LogP contribution in [0.3, 0.4) is 0 Å². The fourth-order valence-electron chi connectivity index (χ4n) is 1.87. The highest BCUT2D eigenvalue weighted by atomic mass is 127. The minimum absolute atomic E-state index is 0.122. The summed E-state index contributed by atoms with van der Waals surface area (Å²) in [5.74, 6) is -3.00. The molecule has 0 unspecified atom stereocenters. The molecule has 2 aromatic carbocycles. The Labute approximate surface area is 133 Å². The van der Waals surface area contributed by atoms with E-state index in [4.69, 9.17) is 5.11 Å². The Kier molecular flexibility index (Phi) is 4.37. The van der Waals surface area contributed by atoms with Crippen LogP contribution in [0.25, 0.3) is 0 Å². The molecule has 6 heteroatoms. The molecule has 0 atom stereocenters. The summed E-state index contributed by atoms with van der Waals surface area (Å²) in [5, 5.41) is 18.3. The summed E-state index contributed by atoms with van der Waals surface area (Å²) in [6.07, 6.45) is 0. The minimum atomic E-state index is -1.27. The van der Waals surface area contributed by atoms with Gasteiger partial charge in [-0.05, 0) is 34.7 Å². The van der Waals surface area contributed by atoms with Gasteiger partial charge < -0.3 is 10.2 Å². The lowest BCUT2D eigenvalue weighted by molar-refractivity contribution is 0.0678. The molecule has 0 aliphatic heterocycles. The third-order valence-electron chi connectivity index (χ3n) is 2.83. The van der Waals surface area contributed by atoms with Gasteiger partial charge in [0.2, 0.25) is 0 Å². The third-order valence-corrected chi connectivity index (χ3v) is 3.68. The van der Waals surface area contributed by atoms with Crippen molar-refractivity contribution in [3.8, 4) is 0 Å². The van der Waals surface area contributed by atoms with Gasteiger partial charge in [-0.25, -0.2) is 9.59 Å². The van der Waals surface area contributed by atoms with Crippen molar-refractivity contribution in [3.63, 3.8) is 0 Å². The lowest BCUT2D eigenvalue weighted by atomic mass is 9.96. The molecule has 0 spiro atoms. The van der Waals surface area contributed by atoms with E-state index < -0.39 is 17.7 Å². The van der Waals surface area contributed by atoms with E-state index >= 15 is 0 Å². The van der Waals surface area contributed by atoms with E-state index in [-0.39, 0.29) is 20.3 Å². The van der Waals surface area contributed by atoms with Crippen LogP contribution in [0.1, 0.15) is 36.6 Å². The predicted molar refractivity (Wildman–Crippen MR) is 83.0 cm³/mol. The molecule has 0 saturated carbocycles. The van der Waals surface area contributed by atoms with Gasteiger partial charge in [-0.2, -0.15) is 0 Å². The number of aromatic carboxylic acids is 2. The summed E-state index contributed by atoms with van der Waals surface area (Å²) in [6, 6.07) is 10.5. The molecule has 2 aromatic rings. The van der Waals surface area contributed by atoms with Gasteiger partial charge >= 0.3 is 11.9 Å². The molecule has 0 aliphatic carbocycles. The molecule has 0 aromatic heterocycles. The Morgan fingerprint density at radius 1 is 0.857 bits per heavy atom. The van der Waals surface area contributed by atoms with Gasteiger partial charge in [0.15, 0.2) is 5.78 Å². The summed E-state index contributed by atoms with van der Waals surface area (Å²) >= 11 is 1.72. The predicted octanol–water partition coefficient (Wildman–Crippen LogP) is 2.92. The lowest BCUT2D eigenvalue weighted by Crippen LogP contribution is -2.14. The molecule has 0 bridgehead atoms. The quantitative estimate of drug-likeness (QED) is 0.613. The van der Waals surface area contributed by atoms with Crippen LogP contribution in [0.5, 0.6) is 0 Å². The zero-order chi connectivity index (χ0) is 15.6. The van der Waals surface area contributed by atoms with Crippen molar-refractivity contribution in [3.05, 3.63) is 68.3 Å². The van der Waals surface area contributed by atoms with Crippen LogP contribution in [0.15, 0.2) is 42.5 Å². The van der Waals surface area contributed by atoms with Gasteiger partial charge in [0.25, 0.3) is 0 Å². The van der Waals surface area contributed by atoms with Crippen LogP contribution < -0.4 is 0 Å². The van der Waals surface area contributed by atoms with Crippen molar-refractivity contribution in [2.24, 2.45) is 0 Å². The van der Waals surface area contributed by atoms with E-state index in [0.29, 0.717) is 5.56 Å². The van der Waals surface area contributed by atoms with Crippen molar-refractivity contribution >= 4 is 40.3 Å². The molecule has 0 aliphatic rings. The Bertz CT molecular complexity index is 737. The molecule has 0 saturated heterocycles. The van der Waals surface area contributed by atoms with Crippen LogP contribution in [0.4, 0.5) is 0 Å². The van der Waals surface area contributed by atoms with E-state index in [1.807, 2.05) is 0 Å². The summed E-state index contributed by atoms with van der Waals surface area (Å²) < 4.78 is 0.208. The second-order valence-electron chi connectivity index (χ2n) is 4.19. The molecule has 106 valence electrons. The number of carboxylic acid groups (broad SMARTS) is 2. The first kappa shape index (κ1) is 15.2. The monoisotopic (exact) mass is 396 g/mol. The zero-order valence-corrected chi connectivity index (χ0v) is 12.7. The van der Waals surface area contributed by atoms with Crippen molar-refractivity contribution < 1.29 is 24.6 Å². The normalized spacial score (nSPS) is 10.1. The Morgan fingerprint density at radius 3 is 2.00 bits per heavy atom. The third kappa shape index (κ3) is 3.10. The fraction of sp³-hybridized carbons (Fsp3) is 0. The number of carbonyl (C=O) groups excluding carboxylic acids is 1. The van der Waals surface area contributed by atoms with Gasteiger partial charge in [0, 0.05) is 14.7 Å². The number of benzene rings is 2. The van der Waals surface area contributed by atoms with Crippen molar-refractivity contribution in [2.75, 3.05) is 0 Å². The molecule has 0 heterocycles. The highest BCUT2D eigenvalue weighted by Gasteiger charge is 2.23. The average molecular weight is 396 g/mol. The smallest absolute Gasteiger partial charge is 0.337 e.